The lowest BCUT2D eigenvalue weighted by atomic mass is 10.1. The molecule has 5 heteroatoms. The molecule has 2 aliphatic heterocycles. The highest BCUT2D eigenvalue weighted by Crippen LogP contribution is 2.29. The number of halogens is 1. The normalized spacial score (nSPS) is 35.9. The van der Waals surface area contributed by atoms with E-state index in [-0.39, 0.29) is 30.7 Å². The molecule has 4 atom stereocenters. The van der Waals surface area contributed by atoms with Crippen LogP contribution in [0.25, 0.3) is 0 Å². The van der Waals surface area contributed by atoms with E-state index in [2.05, 4.69) is 0 Å². The maximum atomic E-state index is 12.7. The van der Waals surface area contributed by atoms with E-state index >= 15 is 0 Å². The lowest BCUT2D eigenvalue weighted by Crippen LogP contribution is -2.34. The largest absolute Gasteiger partial charge is 0.485 e. The van der Waals surface area contributed by atoms with Gasteiger partial charge in [0.25, 0.3) is 0 Å². The SMILES string of the molecule is O[C@@H]1CO[C@H]2[C@@H]1OC[C@H]2Oc1ccc(F)cc1. The van der Waals surface area contributed by atoms with Crippen molar-refractivity contribution in [2.45, 2.75) is 24.4 Å². The third kappa shape index (κ3) is 2.01. The first kappa shape index (κ1) is 11.0. The third-order valence-corrected chi connectivity index (χ3v) is 3.08. The van der Waals surface area contributed by atoms with Crippen molar-refractivity contribution in [3.05, 3.63) is 30.1 Å². The van der Waals surface area contributed by atoms with E-state index in [0.717, 1.165) is 0 Å². The molecule has 0 spiro atoms. The predicted octanol–water partition coefficient (Wildman–Crippen LogP) is 0.732. The monoisotopic (exact) mass is 240 g/mol. The van der Waals surface area contributed by atoms with E-state index in [4.69, 9.17) is 14.2 Å². The van der Waals surface area contributed by atoms with Crippen molar-refractivity contribution in [3.63, 3.8) is 0 Å². The van der Waals surface area contributed by atoms with E-state index in [1.165, 1.54) is 12.1 Å². The van der Waals surface area contributed by atoms with E-state index in [1.54, 1.807) is 12.1 Å². The first-order valence-corrected chi connectivity index (χ1v) is 5.57. The maximum absolute atomic E-state index is 12.7. The van der Waals surface area contributed by atoms with Crippen molar-refractivity contribution in [3.8, 4) is 5.75 Å². The predicted molar refractivity (Wildman–Crippen MR) is 56.3 cm³/mol. The maximum Gasteiger partial charge on any atom is 0.151 e. The van der Waals surface area contributed by atoms with Gasteiger partial charge >= 0.3 is 0 Å². The number of benzene rings is 1. The van der Waals surface area contributed by atoms with Crippen LogP contribution in [-0.2, 0) is 9.47 Å². The lowest BCUT2D eigenvalue weighted by molar-refractivity contribution is 0.00861. The summed E-state index contributed by atoms with van der Waals surface area (Å²) in [5.74, 6) is 0.274. The second kappa shape index (κ2) is 4.25. The zero-order chi connectivity index (χ0) is 11.8. The highest BCUT2D eigenvalue weighted by Gasteiger charge is 2.48. The average molecular weight is 240 g/mol. The van der Waals surface area contributed by atoms with Gasteiger partial charge in [0.15, 0.2) is 6.10 Å². The van der Waals surface area contributed by atoms with E-state index in [0.29, 0.717) is 12.4 Å². The smallest absolute Gasteiger partial charge is 0.151 e. The molecule has 0 saturated carbocycles. The van der Waals surface area contributed by atoms with Gasteiger partial charge in [-0.3, -0.25) is 0 Å². The number of aliphatic hydroxyl groups is 1. The molecule has 3 rings (SSSR count). The Labute approximate surface area is 97.9 Å². The van der Waals surface area contributed by atoms with Crippen LogP contribution in [0.2, 0.25) is 0 Å². The molecule has 2 fully saturated rings. The summed E-state index contributed by atoms with van der Waals surface area (Å²) in [7, 11) is 0. The molecular formula is C12H13FO4. The number of hydrogen-bond acceptors (Lipinski definition) is 4. The van der Waals surface area contributed by atoms with Crippen LogP contribution < -0.4 is 4.74 Å². The quantitative estimate of drug-likeness (QED) is 0.828. The van der Waals surface area contributed by atoms with Crippen LogP contribution in [0.3, 0.4) is 0 Å². The second-order valence-corrected chi connectivity index (χ2v) is 4.27. The van der Waals surface area contributed by atoms with Crippen LogP contribution in [0.4, 0.5) is 4.39 Å². The van der Waals surface area contributed by atoms with Gasteiger partial charge in [0.2, 0.25) is 0 Å². The Hall–Kier alpha value is -1.17. The first-order chi connectivity index (χ1) is 8.24. The number of hydrogen-bond donors (Lipinski definition) is 1. The van der Waals surface area contributed by atoms with Gasteiger partial charge in [-0.2, -0.15) is 0 Å². The summed E-state index contributed by atoms with van der Waals surface area (Å²) in [6, 6.07) is 5.81. The topological polar surface area (TPSA) is 47.9 Å². The molecule has 1 aromatic rings. The summed E-state index contributed by atoms with van der Waals surface area (Å²) in [4.78, 5) is 0. The molecule has 0 unspecified atom stereocenters. The zero-order valence-electron chi connectivity index (χ0n) is 9.08. The average Bonchev–Trinajstić information content (AvgIpc) is 2.87. The van der Waals surface area contributed by atoms with Crippen LogP contribution in [0.5, 0.6) is 5.75 Å². The number of ether oxygens (including phenoxy) is 3. The minimum atomic E-state index is -0.582. The molecule has 2 heterocycles. The Morgan fingerprint density at radius 1 is 1.12 bits per heavy atom. The Morgan fingerprint density at radius 3 is 2.59 bits per heavy atom. The Kier molecular flexibility index (Phi) is 2.74. The van der Waals surface area contributed by atoms with Crippen molar-refractivity contribution in [2.24, 2.45) is 0 Å². The van der Waals surface area contributed by atoms with E-state index in [9.17, 15) is 9.50 Å². The van der Waals surface area contributed by atoms with Crippen molar-refractivity contribution in [1.29, 1.82) is 0 Å². The molecular weight excluding hydrogens is 227 g/mol. The summed E-state index contributed by atoms with van der Waals surface area (Å²) in [6.07, 6.45) is -1.38. The standard InChI is InChI=1S/C12H13FO4/c13-7-1-3-8(4-2-7)17-10-6-16-11-9(14)5-15-12(10)11/h1-4,9-12,14H,5-6H2/t9-,10-,11-,12-/m1/s1. The van der Waals surface area contributed by atoms with Gasteiger partial charge in [0.1, 0.15) is 29.9 Å². The summed E-state index contributed by atoms with van der Waals surface area (Å²) in [5.41, 5.74) is 0. The molecule has 0 bridgehead atoms. The highest BCUT2D eigenvalue weighted by atomic mass is 19.1. The summed E-state index contributed by atoms with van der Waals surface area (Å²) in [5, 5.41) is 9.56. The van der Waals surface area contributed by atoms with Crippen molar-refractivity contribution in [1.82, 2.24) is 0 Å². The van der Waals surface area contributed by atoms with Gasteiger partial charge in [-0.15, -0.1) is 0 Å². The third-order valence-electron chi connectivity index (χ3n) is 3.08. The Balaban J connectivity index is 1.68. The second-order valence-electron chi connectivity index (χ2n) is 4.27. The van der Waals surface area contributed by atoms with Crippen LogP contribution in [-0.4, -0.2) is 42.7 Å². The fourth-order valence-electron chi connectivity index (χ4n) is 2.23. The van der Waals surface area contributed by atoms with E-state index in [1.807, 2.05) is 0 Å². The summed E-state index contributed by atoms with van der Waals surface area (Å²) < 4.78 is 29.2. The molecule has 0 aromatic heterocycles. The number of aliphatic hydroxyl groups excluding tert-OH is 1. The van der Waals surface area contributed by atoms with Crippen LogP contribution in [0, 0.1) is 5.82 Å². The van der Waals surface area contributed by atoms with Crippen LogP contribution in [0.1, 0.15) is 0 Å². The summed E-state index contributed by atoms with van der Waals surface area (Å²) >= 11 is 0. The van der Waals surface area contributed by atoms with Crippen LogP contribution >= 0.6 is 0 Å². The zero-order valence-corrected chi connectivity index (χ0v) is 9.08. The molecule has 0 aliphatic carbocycles. The fourth-order valence-corrected chi connectivity index (χ4v) is 2.23. The Bertz CT molecular complexity index is 394. The molecule has 1 aromatic carbocycles. The molecule has 2 aliphatic rings. The molecule has 2 saturated heterocycles. The van der Waals surface area contributed by atoms with Gasteiger partial charge in [-0.1, -0.05) is 0 Å². The van der Waals surface area contributed by atoms with Gasteiger partial charge in [-0.05, 0) is 24.3 Å². The Morgan fingerprint density at radius 2 is 1.82 bits per heavy atom. The minimum absolute atomic E-state index is 0.241. The minimum Gasteiger partial charge on any atom is -0.485 e. The van der Waals surface area contributed by atoms with Crippen LogP contribution in [0.15, 0.2) is 24.3 Å². The first-order valence-electron chi connectivity index (χ1n) is 5.57. The van der Waals surface area contributed by atoms with Crippen molar-refractivity contribution < 1.29 is 23.7 Å². The molecule has 92 valence electrons. The molecule has 1 N–H and O–H groups in total. The molecule has 0 amide bonds. The summed E-state index contributed by atoms with van der Waals surface area (Å²) in [6.45, 7) is 0.655. The van der Waals surface area contributed by atoms with Crippen molar-refractivity contribution in [2.75, 3.05) is 13.2 Å². The molecule has 0 radical (unpaired) electrons. The number of rotatable bonds is 2. The van der Waals surface area contributed by atoms with E-state index < -0.39 is 6.10 Å². The molecule has 4 nitrogen and oxygen atoms in total. The van der Waals surface area contributed by atoms with Crippen molar-refractivity contribution >= 4 is 0 Å². The lowest BCUT2D eigenvalue weighted by Gasteiger charge is -2.17. The highest BCUT2D eigenvalue weighted by molar-refractivity contribution is 5.23. The van der Waals surface area contributed by atoms with Gasteiger partial charge in [0, 0.05) is 0 Å². The fraction of sp³-hybridized carbons (Fsp3) is 0.500. The molecule has 17 heavy (non-hydrogen) atoms. The number of fused-ring (bicyclic) bond motifs is 1. The van der Waals surface area contributed by atoms with Gasteiger partial charge in [0.05, 0.1) is 13.2 Å². The van der Waals surface area contributed by atoms with Gasteiger partial charge in [-0.25, -0.2) is 4.39 Å². The van der Waals surface area contributed by atoms with Gasteiger partial charge < -0.3 is 19.3 Å².